The number of nitrogens with one attached hydrogen (secondary N) is 1. The molecule has 1 N–H and O–H groups in total. The molecule has 1 unspecified atom stereocenters. The summed E-state index contributed by atoms with van der Waals surface area (Å²) in [6.45, 7) is 2.63. The molecule has 0 aliphatic carbocycles. The Morgan fingerprint density at radius 1 is 1.67 bits per heavy atom. The molecule has 5 heteroatoms. The van der Waals surface area contributed by atoms with Crippen LogP contribution < -0.4 is 10.2 Å². The Morgan fingerprint density at radius 3 is 3.13 bits per heavy atom. The lowest BCUT2D eigenvalue weighted by atomic mass is 10.2. The van der Waals surface area contributed by atoms with Gasteiger partial charge in [0.1, 0.15) is 0 Å². The molecule has 2 rings (SSSR count). The maximum absolute atomic E-state index is 13.4. The molecule has 0 saturated carbocycles. The Bertz CT molecular complexity index is 383. The molecule has 0 radical (unpaired) electrons. The Morgan fingerprint density at radius 2 is 2.47 bits per heavy atom. The standard InChI is InChI=1S/C10H12FN3O/c1-7-5-14(6-9(15)13-7)10-8(11)3-2-4-12-10/h2-4,7H,5-6H2,1H3,(H,13,15). The monoisotopic (exact) mass is 209 g/mol. The second-order valence-electron chi connectivity index (χ2n) is 3.66. The van der Waals surface area contributed by atoms with Gasteiger partial charge < -0.3 is 10.2 Å². The van der Waals surface area contributed by atoms with Crippen molar-refractivity contribution in [1.29, 1.82) is 0 Å². The zero-order valence-electron chi connectivity index (χ0n) is 8.40. The molecule has 1 amide bonds. The normalized spacial score (nSPS) is 21.3. The zero-order chi connectivity index (χ0) is 10.8. The molecule has 0 aromatic carbocycles. The number of piperazine rings is 1. The van der Waals surface area contributed by atoms with Crippen molar-refractivity contribution in [2.24, 2.45) is 0 Å². The van der Waals surface area contributed by atoms with Crippen LogP contribution in [-0.2, 0) is 4.79 Å². The number of amides is 1. The number of hydrogen-bond donors (Lipinski definition) is 1. The van der Waals surface area contributed by atoms with Gasteiger partial charge in [-0.1, -0.05) is 0 Å². The maximum Gasteiger partial charge on any atom is 0.239 e. The van der Waals surface area contributed by atoms with Crippen molar-refractivity contribution in [1.82, 2.24) is 10.3 Å². The van der Waals surface area contributed by atoms with Gasteiger partial charge in [-0.15, -0.1) is 0 Å². The van der Waals surface area contributed by atoms with Crippen LogP contribution in [-0.4, -0.2) is 30.0 Å². The average Bonchev–Trinajstić information content (AvgIpc) is 2.16. The van der Waals surface area contributed by atoms with Crippen LogP contribution in [0.15, 0.2) is 18.3 Å². The quantitative estimate of drug-likeness (QED) is 0.734. The molecule has 1 atom stereocenters. The van der Waals surface area contributed by atoms with Crippen molar-refractivity contribution in [2.75, 3.05) is 18.0 Å². The minimum Gasteiger partial charge on any atom is -0.350 e. The van der Waals surface area contributed by atoms with Crippen molar-refractivity contribution in [3.05, 3.63) is 24.1 Å². The third-order valence-electron chi connectivity index (χ3n) is 2.27. The molecule has 1 saturated heterocycles. The van der Waals surface area contributed by atoms with Gasteiger partial charge in [0.2, 0.25) is 5.91 Å². The van der Waals surface area contributed by atoms with E-state index in [2.05, 4.69) is 10.3 Å². The maximum atomic E-state index is 13.4. The van der Waals surface area contributed by atoms with Crippen LogP contribution in [0.25, 0.3) is 0 Å². The number of nitrogens with zero attached hydrogens (tertiary/aromatic N) is 2. The van der Waals surface area contributed by atoms with Crippen molar-refractivity contribution < 1.29 is 9.18 Å². The van der Waals surface area contributed by atoms with Gasteiger partial charge in [0.25, 0.3) is 0 Å². The smallest absolute Gasteiger partial charge is 0.239 e. The first-order chi connectivity index (χ1) is 7.16. The minimum atomic E-state index is -0.389. The number of rotatable bonds is 1. The van der Waals surface area contributed by atoms with Crippen LogP contribution in [0.4, 0.5) is 10.2 Å². The first-order valence-corrected chi connectivity index (χ1v) is 4.81. The number of carbonyl (C=O) groups is 1. The van der Waals surface area contributed by atoms with Crippen molar-refractivity contribution in [2.45, 2.75) is 13.0 Å². The molecule has 0 spiro atoms. The summed E-state index contributed by atoms with van der Waals surface area (Å²) in [6, 6.07) is 2.90. The largest absolute Gasteiger partial charge is 0.350 e. The van der Waals surface area contributed by atoms with Gasteiger partial charge in [-0.2, -0.15) is 0 Å². The van der Waals surface area contributed by atoms with Gasteiger partial charge in [0.15, 0.2) is 11.6 Å². The summed E-state index contributed by atoms with van der Waals surface area (Å²) in [5.74, 6) is -0.239. The molecule has 1 aliphatic heterocycles. The molecule has 4 nitrogen and oxygen atoms in total. The lowest BCUT2D eigenvalue weighted by Crippen LogP contribution is -2.53. The number of carbonyl (C=O) groups excluding carboxylic acids is 1. The second-order valence-corrected chi connectivity index (χ2v) is 3.66. The third-order valence-corrected chi connectivity index (χ3v) is 2.27. The second kappa shape index (κ2) is 3.84. The SMILES string of the molecule is CC1CN(c2ncccc2F)CC(=O)N1. The topological polar surface area (TPSA) is 45.2 Å². The van der Waals surface area contributed by atoms with Gasteiger partial charge in [0.05, 0.1) is 6.54 Å². The van der Waals surface area contributed by atoms with E-state index in [0.29, 0.717) is 6.54 Å². The van der Waals surface area contributed by atoms with Gasteiger partial charge in [0, 0.05) is 18.8 Å². The number of pyridine rings is 1. The van der Waals surface area contributed by atoms with Crippen LogP contribution >= 0.6 is 0 Å². The fourth-order valence-corrected chi connectivity index (χ4v) is 1.71. The highest BCUT2D eigenvalue weighted by molar-refractivity contribution is 5.82. The van der Waals surface area contributed by atoms with Gasteiger partial charge in [-0.3, -0.25) is 4.79 Å². The fraction of sp³-hybridized carbons (Fsp3) is 0.400. The van der Waals surface area contributed by atoms with E-state index < -0.39 is 0 Å². The summed E-state index contributed by atoms with van der Waals surface area (Å²) in [5, 5.41) is 2.77. The van der Waals surface area contributed by atoms with E-state index in [-0.39, 0.29) is 30.1 Å². The highest BCUT2D eigenvalue weighted by Gasteiger charge is 2.24. The molecule has 0 bridgehead atoms. The number of aromatic nitrogens is 1. The average molecular weight is 209 g/mol. The fourth-order valence-electron chi connectivity index (χ4n) is 1.71. The molecule has 80 valence electrons. The first-order valence-electron chi connectivity index (χ1n) is 4.81. The summed E-state index contributed by atoms with van der Waals surface area (Å²) in [6.07, 6.45) is 1.52. The lowest BCUT2D eigenvalue weighted by Gasteiger charge is -2.31. The summed E-state index contributed by atoms with van der Waals surface area (Å²) < 4.78 is 13.4. The Balaban J connectivity index is 2.23. The van der Waals surface area contributed by atoms with Crippen molar-refractivity contribution in [3.8, 4) is 0 Å². The van der Waals surface area contributed by atoms with E-state index in [1.54, 1.807) is 4.90 Å². The molecule has 1 aromatic rings. The molecule has 1 aromatic heterocycles. The number of hydrogen-bond acceptors (Lipinski definition) is 3. The Kier molecular flexibility index (Phi) is 2.53. The highest BCUT2D eigenvalue weighted by atomic mass is 19.1. The molecule has 1 fully saturated rings. The highest BCUT2D eigenvalue weighted by Crippen LogP contribution is 2.16. The Hall–Kier alpha value is -1.65. The summed E-state index contributed by atoms with van der Waals surface area (Å²) in [4.78, 5) is 16.9. The minimum absolute atomic E-state index is 0.0210. The van der Waals surface area contributed by atoms with Gasteiger partial charge in [-0.05, 0) is 19.1 Å². The number of anilines is 1. The number of halogens is 1. The van der Waals surface area contributed by atoms with Crippen LogP contribution in [0, 0.1) is 5.82 Å². The summed E-state index contributed by atoms with van der Waals surface area (Å²) in [7, 11) is 0. The first kappa shape index (κ1) is 9.89. The van der Waals surface area contributed by atoms with Gasteiger partial charge >= 0.3 is 0 Å². The Labute approximate surface area is 87.1 Å². The van der Waals surface area contributed by atoms with Crippen LogP contribution in [0.3, 0.4) is 0 Å². The van der Waals surface area contributed by atoms with E-state index in [1.165, 1.54) is 18.3 Å². The van der Waals surface area contributed by atoms with E-state index >= 15 is 0 Å². The molecular weight excluding hydrogens is 197 g/mol. The van der Waals surface area contributed by atoms with E-state index in [9.17, 15) is 9.18 Å². The lowest BCUT2D eigenvalue weighted by molar-refractivity contribution is -0.121. The van der Waals surface area contributed by atoms with Crippen LogP contribution in [0.2, 0.25) is 0 Å². The molecular formula is C10H12FN3O. The third kappa shape index (κ3) is 2.06. The summed E-state index contributed by atoms with van der Waals surface area (Å²) >= 11 is 0. The molecule has 15 heavy (non-hydrogen) atoms. The van der Waals surface area contributed by atoms with Gasteiger partial charge in [-0.25, -0.2) is 9.37 Å². The van der Waals surface area contributed by atoms with Crippen molar-refractivity contribution in [3.63, 3.8) is 0 Å². The molecule has 1 aliphatic rings. The zero-order valence-corrected chi connectivity index (χ0v) is 8.40. The van der Waals surface area contributed by atoms with E-state index in [1.807, 2.05) is 6.92 Å². The predicted molar refractivity (Wildman–Crippen MR) is 54.0 cm³/mol. The van der Waals surface area contributed by atoms with Crippen molar-refractivity contribution >= 4 is 11.7 Å². The predicted octanol–water partition coefficient (Wildman–Crippen LogP) is 0.545. The van der Waals surface area contributed by atoms with E-state index in [4.69, 9.17) is 0 Å². The van der Waals surface area contributed by atoms with E-state index in [0.717, 1.165) is 0 Å². The molecule has 2 heterocycles. The van der Waals surface area contributed by atoms with Crippen LogP contribution in [0.1, 0.15) is 6.92 Å². The summed E-state index contributed by atoms with van der Waals surface area (Å²) in [5.41, 5.74) is 0. The van der Waals surface area contributed by atoms with Crippen LogP contribution in [0.5, 0.6) is 0 Å².